The van der Waals surface area contributed by atoms with Crippen LogP contribution in [0.15, 0.2) is 202 Å². The van der Waals surface area contributed by atoms with Gasteiger partial charge in [-0.1, -0.05) is 176 Å². The van der Waals surface area contributed by atoms with Gasteiger partial charge < -0.3 is 9.73 Å². The molecule has 1 atom stereocenters. The summed E-state index contributed by atoms with van der Waals surface area (Å²) in [4.78, 5) is 10.3. The number of hydrogen-bond donors (Lipinski definition) is 1. The van der Waals surface area contributed by atoms with Crippen LogP contribution in [0.5, 0.6) is 0 Å². The van der Waals surface area contributed by atoms with Gasteiger partial charge in [0.05, 0.1) is 6.85 Å². The van der Waals surface area contributed by atoms with Crippen molar-refractivity contribution in [2.75, 3.05) is 0 Å². The van der Waals surface area contributed by atoms with Crippen molar-refractivity contribution >= 4 is 62.4 Å². The number of furan rings is 1. The van der Waals surface area contributed by atoms with Gasteiger partial charge in [-0.25, -0.2) is 9.98 Å². The summed E-state index contributed by atoms with van der Waals surface area (Å²) < 4.78 is 48.6. The average Bonchev–Trinajstić information content (AvgIpc) is 3.63. The van der Waals surface area contributed by atoms with E-state index in [4.69, 9.17) is 21.3 Å². The van der Waals surface area contributed by atoms with E-state index >= 15 is 0 Å². The monoisotopic (exact) mass is 664 g/mol. The van der Waals surface area contributed by atoms with E-state index in [1.807, 2.05) is 30.3 Å². The van der Waals surface area contributed by atoms with Gasteiger partial charge in [-0.2, -0.15) is 0 Å². The molecule has 4 nitrogen and oxygen atoms in total. The molecule has 0 amide bonds. The molecule has 1 aromatic heterocycles. The van der Waals surface area contributed by atoms with Crippen molar-refractivity contribution in [3.8, 4) is 0 Å². The maximum atomic E-state index is 8.72. The van der Waals surface area contributed by atoms with Gasteiger partial charge in [0.2, 0.25) is 0 Å². The summed E-state index contributed by atoms with van der Waals surface area (Å²) in [5.74, 6) is 0.998. The molecule has 5 heteroatoms. The summed E-state index contributed by atoms with van der Waals surface area (Å²) in [5.41, 5.74) is 2.40. The first-order chi connectivity index (χ1) is 26.8. The Morgan fingerprint density at radius 3 is 1.68 bits per heavy atom. The number of amidine groups is 2. The summed E-state index contributed by atoms with van der Waals surface area (Å²) >= 11 is 0. The van der Waals surface area contributed by atoms with E-state index < -0.39 is 14.2 Å². The number of rotatable bonds is 7. The normalized spacial score (nSPS) is 16.0. The van der Waals surface area contributed by atoms with Crippen LogP contribution in [0.1, 0.15) is 29.7 Å². The molecule has 0 spiro atoms. The Labute approximate surface area is 299 Å². The Bertz CT molecular complexity index is 2680. The highest BCUT2D eigenvalue weighted by atomic mass is 28.3. The number of fused-ring (bicyclic) bond motifs is 3. The number of hydrogen-bond acceptors (Lipinski definition) is 4. The van der Waals surface area contributed by atoms with Crippen molar-refractivity contribution in [3.63, 3.8) is 0 Å². The molecule has 2 heterocycles. The lowest BCUT2D eigenvalue weighted by Crippen LogP contribution is -2.74. The first-order valence-electron chi connectivity index (χ1n) is 19.0. The Morgan fingerprint density at radius 1 is 0.520 bits per heavy atom. The summed E-state index contributed by atoms with van der Waals surface area (Å²) in [5, 5.41) is 9.32. The molecule has 0 fully saturated rings. The third-order valence-electron chi connectivity index (χ3n) is 9.39. The molecular weight excluding hydrogens is 627 g/mol. The van der Waals surface area contributed by atoms with Gasteiger partial charge in [0.25, 0.3) is 0 Å². The number of para-hydroxylation sites is 1. The predicted molar refractivity (Wildman–Crippen MR) is 209 cm³/mol. The molecule has 1 aliphatic rings. The van der Waals surface area contributed by atoms with Crippen LogP contribution >= 0.6 is 0 Å². The molecule has 0 saturated heterocycles. The average molecular weight is 665 g/mol. The fourth-order valence-electron chi connectivity index (χ4n) is 7.11. The highest BCUT2D eigenvalue weighted by molar-refractivity contribution is 7.19. The second-order valence-corrected chi connectivity index (χ2v) is 16.0. The first kappa shape index (κ1) is 24.8. The van der Waals surface area contributed by atoms with E-state index in [9.17, 15) is 0 Å². The van der Waals surface area contributed by atoms with Crippen LogP contribution in [0.3, 0.4) is 0 Å². The molecule has 0 radical (unpaired) electrons. The fourth-order valence-corrected chi connectivity index (χ4v) is 11.9. The summed E-state index contributed by atoms with van der Waals surface area (Å²) in [6.45, 7) is 0. The minimum atomic E-state index is -2.76. The van der Waals surface area contributed by atoms with E-state index in [-0.39, 0.29) is 41.4 Å². The standard InChI is InChI=1S/C45H33N3OSi/c1-5-16-32(17-6-1)43-46-44(48-45(47-43)39-25-15-27-41-42(39)38-24-13-14-26-40(38)49-41)33-28-30-37(31-29-33)50(34-18-7-2-8-19-34,35-20-9-3-10-21-35)36-22-11-4-12-23-36/h1-31,44H,(H,46,47,48)/i13D,14D,15D,26D,27D. The number of nitrogens with zero attached hydrogens (tertiary/aromatic N) is 2. The van der Waals surface area contributed by atoms with E-state index in [1.165, 1.54) is 26.8 Å². The van der Waals surface area contributed by atoms with E-state index in [0.717, 1.165) is 11.1 Å². The zero-order valence-electron chi connectivity index (χ0n) is 31.9. The fraction of sp³-hybridized carbons (Fsp3) is 0.0222. The lowest BCUT2D eigenvalue weighted by Gasteiger charge is -2.34. The van der Waals surface area contributed by atoms with Crippen LogP contribution in [-0.2, 0) is 0 Å². The molecule has 8 aromatic rings. The largest absolute Gasteiger partial charge is 0.456 e. The third kappa shape index (κ3) is 5.07. The van der Waals surface area contributed by atoms with Crippen molar-refractivity contribution in [2.45, 2.75) is 6.17 Å². The summed E-state index contributed by atoms with van der Waals surface area (Å²) in [6.07, 6.45) is -0.668. The second kappa shape index (κ2) is 12.6. The molecule has 9 rings (SSSR count). The van der Waals surface area contributed by atoms with Crippen LogP contribution < -0.4 is 26.1 Å². The van der Waals surface area contributed by atoms with Crippen LogP contribution in [-0.4, -0.2) is 19.7 Å². The number of benzene rings is 7. The van der Waals surface area contributed by atoms with Crippen LogP contribution in [0.2, 0.25) is 0 Å². The minimum absolute atomic E-state index is 0.0801. The van der Waals surface area contributed by atoms with Gasteiger partial charge >= 0.3 is 0 Å². The van der Waals surface area contributed by atoms with Crippen molar-refractivity contribution in [2.24, 2.45) is 9.98 Å². The van der Waals surface area contributed by atoms with Gasteiger partial charge in [-0.3, -0.25) is 0 Å². The van der Waals surface area contributed by atoms with Gasteiger partial charge in [0.1, 0.15) is 22.8 Å². The zero-order valence-corrected chi connectivity index (χ0v) is 27.9. The first-order valence-corrected chi connectivity index (χ1v) is 18.5. The topological polar surface area (TPSA) is 49.9 Å². The Hall–Kier alpha value is -6.30. The molecular formula is C45H33N3OSi. The summed E-state index contributed by atoms with van der Waals surface area (Å²) in [6, 6.07) is 52.9. The summed E-state index contributed by atoms with van der Waals surface area (Å²) in [7, 11) is -2.76. The van der Waals surface area contributed by atoms with Crippen molar-refractivity contribution < 1.29 is 11.3 Å². The van der Waals surface area contributed by atoms with Gasteiger partial charge in [0, 0.05) is 21.9 Å². The molecule has 1 N–H and O–H groups in total. The molecule has 0 aliphatic carbocycles. The second-order valence-electron chi connectivity index (χ2n) is 12.2. The molecule has 1 unspecified atom stereocenters. The van der Waals surface area contributed by atoms with Gasteiger partial charge in [0.15, 0.2) is 14.2 Å². The molecule has 238 valence electrons. The number of nitrogens with one attached hydrogen (secondary N) is 1. The highest BCUT2D eigenvalue weighted by Gasteiger charge is 2.41. The molecule has 7 aromatic carbocycles. The molecule has 50 heavy (non-hydrogen) atoms. The zero-order chi connectivity index (χ0) is 37.7. The van der Waals surface area contributed by atoms with Crippen molar-refractivity contribution in [1.29, 1.82) is 0 Å². The quantitative estimate of drug-likeness (QED) is 0.142. The van der Waals surface area contributed by atoms with E-state index in [1.54, 1.807) is 6.07 Å². The van der Waals surface area contributed by atoms with E-state index in [2.05, 4.69) is 121 Å². The van der Waals surface area contributed by atoms with Crippen LogP contribution in [0.25, 0.3) is 21.9 Å². The molecule has 0 bridgehead atoms. The number of aliphatic imine (C=N–C) groups is 2. The Balaban J connectivity index is 1.24. The third-order valence-corrected chi connectivity index (χ3v) is 14.2. The minimum Gasteiger partial charge on any atom is -0.456 e. The lowest BCUT2D eigenvalue weighted by atomic mass is 10.0. The van der Waals surface area contributed by atoms with Crippen LogP contribution in [0, 0.1) is 0 Å². The highest BCUT2D eigenvalue weighted by Crippen LogP contribution is 2.33. The van der Waals surface area contributed by atoms with Gasteiger partial charge in [-0.05, 0) is 38.4 Å². The molecule has 1 aliphatic heterocycles. The lowest BCUT2D eigenvalue weighted by molar-refractivity contribution is 0.669. The Kier molecular flexibility index (Phi) is 6.25. The van der Waals surface area contributed by atoms with Crippen molar-refractivity contribution in [1.82, 2.24) is 5.32 Å². The molecule has 0 saturated carbocycles. The Morgan fingerprint density at radius 2 is 1.06 bits per heavy atom. The SMILES string of the molecule is [2H]c1cc2c(oc3c([2H])c([2H])cc(C4=NC(c5ccc([Si](c6ccccc6)(c6ccccc6)c6ccccc6)cc5)N=C(c5ccccc5)N4)c32)c([2H])c1[2H]. The van der Waals surface area contributed by atoms with Crippen molar-refractivity contribution in [3.05, 3.63) is 205 Å². The smallest absolute Gasteiger partial charge is 0.179 e. The van der Waals surface area contributed by atoms with Gasteiger partial charge in [-0.15, -0.1) is 0 Å². The maximum Gasteiger partial charge on any atom is 0.179 e. The maximum absolute atomic E-state index is 8.72. The predicted octanol–water partition coefficient (Wildman–Crippen LogP) is 7.46. The van der Waals surface area contributed by atoms with E-state index in [0.29, 0.717) is 28.0 Å². The van der Waals surface area contributed by atoms with Crippen LogP contribution in [0.4, 0.5) is 0 Å².